The van der Waals surface area contributed by atoms with Crippen LogP contribution in [0.25, 0.3) is 0 Å². The first-order valence-electron chi connectivity index (χ1n) is 6.91. The third kappa shape index (κ3) is 4.38. The van der Waals surface area contributed by atoms with Crippen molar-refractivity contribution in [3.05, 3.63) is 52.4 Å². The number of nitrogens with one attached hydrogen (secondary N) is 1. The van der Waals surface area contributed by atoms with Gasteiger partial charge in [0.15, 0.2) is 0 Å². The molecule has 1 heterocycles. The van der Waals surface area contributed by atoms with Gasteiger partial charge in [-0.05, 0) is 42.6 Å². The molecule has 0 amide bonds. The molecule has 2 aromatic rings. The van der Waals surface area contributed by atoms with E-state index in [1.165, 1.54) is 16.9 Å². The van der Waals surface area contributed by atoms with Crippen LogP contribution < -0.4 is 10.5 Å². The molecule has 0 aliphatic heterocycles. The predicted molar refractivity (Wildman–Crippen MR) is 86.9 cm³/mol. The van der Waals surface area contributed by atoms with Gasteiger partial charge in [-0.2, -0.15) is 0 Å². The lowest BCUT2D eigenvalue weighted by molar-refractivity contribution is 0.583. The van der Waals surface area contributed by atoms with Crippen LogP contribution in [-0.4, -0.2) is 15.0 Å². The molecule has 6 heteroatoms. The van der Waals surface area contributed by atoms with E-state index in [2.05, 4.69) is 11.6 Å². The van der Waals surface area contributed by atoms with Crippen LogP contribution in [-0.2, 0) is 29.4 Å². The number of aryl methyl sites for hydroxylation is 1. The van der Waals surface area contributed by atoms with Crippen molar-refractivity contribution in [1.29, 1.82) is 0 Å². The Morgan fingerprint density at radius 3 is 2.38 bits per heavy atom. The number of rotatable bonds is 7. The third-order valence-electron chi connectivity index (χ3n) is 3.19. The molecule has 0 radical (unpaired) electrons. The van der Waals surface area contributed by atoms with Gasteiger partial charge in [-0.15, -0.1) is 11.3 Å². The number of benzene rings is 1. The highest BCUT2D eigenvalue weighted by Crippen LogP contribution is 2.21. The molecule has 1 aromatic heterocycles. The fourth-order valence-corrected chi connectivity index (χ4v) is 4.35. The Balaban J connectivity index is 2.02. The summed E-state index contributed by atoms with van der Waals surface area (Å²) < 4.78 is 27.4. The molecular formula is C15H20N2O2S2. The number of sulfonamides is 1. The van der Waals surface area contributed by atoms with Crippen LogP contribution in [0.5, 0.6) is 0 Å². The SMILES string of the molecule is CCc1ccc(CNS(=O)(=O)c2ccc(CCN)s2)cc1. The Kier molecular flexibility index (Phi) is 5.52. The van der Waals surface area contributed by atoms with Gasteiger partial charge in [0.1, 0.15) is 4.21 Å². The summed E-state index contributed by atoms with van der Waals surface area (Å²) in [6.45, 7) is 2.92. The molecule has 4 nitrogen and oxygen atoms in total. The van der Waals surface area contributed by atoms with Crippen molar-refractivity contribution >= 4 is 21.4 Å². The summed E-state index contributed by atoms with van der Waals surface area (Å²) in [6, 6.07) is 11.4. The normalized spacial score (nSPS) is 11.7. The summed E-state index contributed by atoms with van der Waals surface area (Å²) in [4.78, 5) is 0.991. The number of nitrogens with two attached hydrogens (primary N) is 1. The van der Waals surface area contributed by atoms with Gasteiger partial charge in [0.2, 0.25) is 10.0 Å². The summed E-state index contributed by atoms with van der Waals surface area (Å²) in [5, 5.41) is 0. The lowest BCUT2D eigenvalue weighted by Crippen LogP contribution is -2.22. The molecule has 3 N–H and O–H groups in total. The second-order valence-corrected chi connectivity index (χ2v) is 7.92. The monoisotopic (exact) mass is 324 g/mol. The highest BCUT2D eigenvalue weighted by atomic mass is 32.2. The molecule has 0 bridgehead atoms. The van der Waals surface area contributed by atoms with Crippen LogP contribution in [0.15, 0.2) is 40.6 Å². The van der Waals surface area contributed by atoms with Gasteiger partial charge in [0.25, 0.3) is 0 Å². The first-order valence-corrected chi connectivity index (χ1v) is 9.21. The van der Waals surface area contributed by atoms with Crippen molar-refractivity contribution < 1.29 is 8.42 Å². The maximum atomic E-state index is 12.2. The van der Waals surface area contributed by atoms with Gasteiger partial charge in [-0.3, -0.25) is 0 Å². The van der Waals surface area contributed by atoms with Gasteiger partial charge in [-0.25, -0.2) is 13.1 Å². The highest BCUT2D eigenvalue weighted by Gasteiger charge is 2.16. The van der Waals surface area contributed by atoms with Crippen molar-refractivity contribution in [2.45, 2.75) is 30.5 Å². The Morgan fingerprint density at radius 1 is 1.10 bits per heavy atom. The molecule has 1 aromatic carbocycles. The molecule has 21 heavy (non-hydrogen) atoms. The van der Waals surface area contributed by atoms with E-state index in [1.54, 1.807) is 6.07 Å². The molecule has 0 aliphatic carbocycles. The van der Waals surface area contributed by atoms with Crippen molar-refractivity contribution in [2.24, 2.45) is 5.73 Å². The first kappa shape index (κ1) is 16.2. The first-order chi connectivity index (χ1) is 10.0. The summed E-state index contributed by atoms with van der Waals surface area (Å²) >= 11 is 1.28. The molecule has 0 unspecified atom stereocenters. The van der Waals surface area contributed by atoms with Gasteiger partial charge in [0.05, 0.1) is 0 Å². The average Bonchev–Trinajstić information content (AvgIpc) is 2.96. The molecule has 0 spiro atoms. The van der Waals surface area contributed by atoms with Gasteiger partial charge in [-0.1, -0.05) is 31.2 Å². The van der Waals surface area contributed by atoms with Crippen molar-refractivity contribution in [3.8, 4) is 0 Å². The van der Waals surface area contributed by atoms with Crippen LogP contribution in [0.1, 0.15) is 22.9 Å². The summed E-state index contributed by atoms with van der Waals surface area (Å²) in [7, 11) is -3.44. The topological polar surface area (TPSA) is 72.2 Å². The zero-order valence-electron chi connectivity index (χ0n) is 12.0. The molecule has 0 atom stereocenters. The van der Waals surface area contributed by atoms with E-state index in [1.807, 2.05) is 30.3 Å². The second-order valence-electron chi connectivity index (χ2n) is 4.75. The zero-order valence-corrected chi connectivity index (χ0v) is 13.6. The Labute approximate surface area is 130 Å². The van der Waals surface area contributed by atoms with Gasteiger partial charge in [0, 0.05) is 11.4 Å². The number of thiophene rings is 1. The summed E-state index contributed by atoms with van der Waals surface area (Å²) in [5.74, 6) is 0. The minimum Gasteiger partial charge on any atom is -0.330 e. The molecule has 0 fully saturated rings. The second kappa shape index (κ2) is 7.17. The van der Waals surface area contributed by atoms with Crippen molar-refractivity contribution in [1.82, 2.24) is 4.72 Å². The minimum atomic E-state index is -3.44. The largest absolute Gasteiger partial charge is 0.330 e. The van der Waals surface area contributed by atoms with E-state index in [0.29, 0.717) is 23.7 Å². The smallest absolute Gasteiger partial charge is 0.250 e. The van der Waals surface area contributed by atoms with Gasteiger partial charge < -0.3 is 5.73 Å². The average molecular weight is 324 g/mol. The highest BCUT2D eigenvalue weighted by molar-refractivity contribution is 7.91. The maximum Gasteiger partial charge on any atom is 0.250 e. The lowest BCUT2D eigenvalue weighted by Gasteiger charge is -2.05. The van der Waals surface area contributed by atoms with E-state index in [0.717, 1.165) is 16.9 Å². The molecule has 2 rings (SSSR count). The van der Waals surface area contributed by atoms with Crippen LogP contribution in [0, 0.1) is 0 Å². The minimum absolute atomic E-state index is 0.302. The summed E-state index contributed by atoms with van der Waals surface area (Å²) in [6.07, 6.45) is 1.68. The number of hydrogen-bond donors (Lipinski definition) is 2. The van der Waals surface area contributed by atoms with E-state index < -0.39 is 10.0 Å². The quantitative estimate of drug-likeness (QED) is 0.821. The molecule has 0 saturated heterocycles. The molecular weight excluding hydrogens is 304 g/mol. The van der Waals surface area contributed by atoms with E-state index >= 15 is 0 Å². The third-order valence-corrected chi connectivity index (χ3v) is 6.23. The van der Waals surface area contributed by atoms with Crippen molar-refractivity contribution in [3.63, 3.8) is 0 Å². The lowest BCUT2D eigenvalue weighted by atomic mass is 10.1. The van der Waals surface area contributed by atoms with Crippen LogP contribution in [0.4, 0.5) is 0 Å². The molecule has 114 valence electrons. The summed E-state index contributed by atoms with van der Waals surface area (Å²) in [5.41, 5.74) is 7.67. The fraction of sp³-hybridized carbons (Fsp3) is 0.333. The van der Waals surface area contributed by atoms with Gasteiger partial charge >= 0.3 is 0 Å². The standard InChI is InChI=1S/C15H20N2O2S2/c1-2-12-3-5-13(6-4-12)11-17-21(18,19)15-8-7-14(20-15)9-10-16/h3-8,17H,2,9-11,16H2,1H3. The Hall–Kier alpha value is -1.21. The van der Waals surface area contributed by atoms with E-state index in [-0.39, 0.29) is 0 Å². The molecule has 0 aliphatic rings. The Morgan fingerprint density at radius 2 is 1.76 bits per heavy atom. The van der Waals surface area contributed by atoms with Crippen molar-refractivity contribution in [2.75, 3.05) is 6.54 Å². The zero-order chi connectivity index (χ0) is 15.3. The van der Waals surface area contributed by atoms with E-state index in [9.17, 15) is 8.42 Å². The predicted octanol–water partition coefficient (Wildman–Crippen LogP) is 2.29. The maximum absolute atomic E-state index is 12.2. The number of hydrogen-bond acceptors (Lipinski definition) is 4. The molecule has 0 saturated carbocycles. The van der Waals surface area contributed by atoms with Crippen LogP contribution >= 0.6 is 11.3 Å². The Bertz CT molecular complexity index is 676. The fourth-order valence-electron chi connectivity index (χ4n) is 1.92. The van der Waals surface area contributed by atoms with Crippen LogP contribution in [0.2, 0.25) is 0 Å². The van der Waals surface area contributed by atoms with E-state index in [4.69, 9.17) is 5.73 Å². The van der Waals surface area contributed by atoms with Crippen LogP contribution in [0.3, 0.4) is 0 Å².